The Kier molecular flexibility index (Phi) is 8.94. The van der Waals surface area contributed by atoms with Gasteiger partial charge in [0.25, 0.3) is 10.1 Å². The molecule has 0 fully saturated rings. The normalized spacial score (nSPS) is 16.9. The molecule has 2 atom stereocenters. The van der Waals surface area contributed by atoms with Gasteiger partial charge in [0.15, 0.2) is 0 Å². The maximum Gasteiger partial charge on any atom is 0.311 e. The minimum atomic E-state index is -5.68. The van der Waals surface area contributed by atoms with Gasteiger partial charge in [0.05, 0.1) is 25.1 Å². The lowest BCUT2D eigenvalue weighted by molar-refractivity contribution is -0.337. The van der Waals surface area contributed by atoms with Crippen LogP contribution in [0, 0.1) is 5.41 Å². The van der Waals surface area contributed by atoms with Crippen LogP contribution in [0.4, 0.5) is 0 Å². The molecule has 0 aliphatic heterocycles. The summed E-state index contributed by atoms with van der Waals surface area (Å²) in [5.41, 5.74) is -1.27. The molecule has 150 valence electrons. The molecule has 0 saturated carbocycles. The van der Waals surface area contributed by atoms with Gasteiger partial charge in [-0.3, -0.25) is 9.35 Å². The van der Waals surface area contributed by atoms with Crippen molar-refractivity contribution in [2.75, 3.05) is 12.8 Å². The van der Waals surface area contributed by atoms with E-state index in [4.69, 9.17) is 9.29 Å². The first-order valence-electron chi connectivity index (χ1n) is 7.17. The maximum atomic E-state index is 12.0. The van der Waals surface area contributed by atoms with Crippen molar-refractivity contribution in [3.63, 3.8) is 0 Å². The SMILES string of the molecule is CCC(CC(C)(C)C(=O)OCCCP(=O)([O-])OP(=O)([O-])[O-])S(=O)(=O)O. The molecule has 0 aromatic rings. The second-order valence-electron chi connectivity index (χ2n) is 5.99. The average molecular weight is 423 g/mol. The third kappa shape index (κ3) is 10.4. The molecule has 0 rings (SSSR count). The van der Waals surface area contributed by atoms with Crippen LogP contribution < -0.4 is 14.7 Å². The molecule has 0 amide bonds. The summed E-state index contributed by atoms with van der Waals surface area (Å²) in [7, 11) is -14.9. The van der Waals surface area contributed by atoms with E-state index in [2.05, 4.69) is 4.31 Å². The summed E-state index contributed by atoms with van der Waals surface area (Å²) >= 11 is 0. The molecule has 0 spiro atoms. The highest BCUT2D eigenvalue weighted by atomic mass is 32.2. The number of ether oxygens (including phenoxy) is 1. The van der Waals surface area contributed by atoms with E-state index in [9.17, 15) is 37.0 Å². The second-order valence-corrected chi connectivity index (χ2v) is 10.9. The lowest BCUT2D eigenvalue weighted by Gasteiger charge is -2.36. The highest BCUT2D eigenvalue weighted by Crippen LogP contribution is 2.49. The molecule has 0 aliphatic carbocycles. The van der Waals surface area contributed by atoms with Gasteiger partial charge in [0.1, 0.15) is 7.60 Å². The molecule has 2 unspecified atom stereocenters. The Bertz CT molecular complexity index is 651. The molecule has 0 saturated heterocycles. The van der Waals surface area contributed by atoms with Crippen molar-refractivity contribution < 1.29 is 50.6 Å². The smallest absolute Gasteiger partial charge is 0.311 e. The lowest BCUT2D eigenvalue weighted by atomic mass is 9.87. The molecule has 14 heteroatoms. The fourth-order valence-electron chi connectivity index (χ4n) is 1.92. The van der Waals surface area contributed by atoms with E-state index in [0.717, 1.165) is 0 Å². The van der Waals surface area contributed by atoms with Gasteiger partial charge in [-0.15, -0.1) is 0 Å². The van der Waals surface area contributed by atoms with Crippen LogP contribution in [0.15, 0.2) is 0 Å². The highest BCUT2D eigenvalue weighted by Gasteiger charge is 2.36. The van der Waals surface area contributed by atoms with Crippen LogP contribution in [0.1, 0.15) is 40.0 Å². The van der Waals surface area contributed by atoms with Gasteiger partial charge >= 0.3 is 5.97 Å². The van der Waals surface area contributed by atoms with Crippen LogP contribution >= 0.6 is 15.4 Å². The number of rotatable bonds is 11. The van der Waals surface area contributed by atoms with E-state index >= 15 is 0 Å². The van der Waals surface area contributed by atoms with Crippen molar-refractivity contribution in [2.45, 2.75) is 45.3 Å². The van der Waals surface area contributed by atoms with Gasteiger partial charge in [-0.05, 0) is 33.1 Å². The molecule has 0 bridgehead atoms. The summed E-state index contributed by atoms with van der Waals surface area (Å²) in [4.78, 5) is 43.7. The zero-order chi connectivity index (χ0) is 20.1. The molecular formula is C11H21O11P2S-3. The van der Waals surface area contributed by atoms with E-state index < -0.39 is 54.9 Å². The van der Waals surface area contributed by atoms with Crippen molar-refractivity contribution >= 4 is 31.5 Å². The Morgan fingerprint density at radius 2 is 1.76 bits per heavy atom. The first-order chi connectivity index (χ1) is 11.0. The Labute approximate surface area is 146 Å². The number of carbonyl (C=O) groups excluding carboxylic acids is 1. The molecule has 0 radical (unpaired) electrons. The summed E-state index contributed by atoms with van der Waals surface area (Å²) in [5, 5.41) is -1.16. The number of phosphoric acid groups is 1. The minimum absolute atomic E-state index is 0.0801. The molecule has 11 nitrogen and oxygen atoms in total. The number of carbonyl (C=O) groups is 1. The van der Waals surface area contributed by atoms with E-state index in [-0.39, 0.29) is 19.3 Å². The molecular weight excluding hydrogens is 402 g/mol. The summed E-state index contributed by atoms with van der Waals surface area (Å²) in [5.74, 6) is -0.824. The Hall–Kier alpha value is -0.320. The molecule has 0 aromatic heterocycles. The summed E-state index contributed by atoms with van der Waals surface area (Å²) in [6.07, 6.45) is -1.29. The lowest BCUT2D eigenvalue weighted by Crippen LogP contribution is -2.34. The third-order valence-electron chi connectivity index (χ3n) is 3.20. The number of hydrogen-bond donors (Lipinski definition) is 1. The van der Waals surface area contributed by atoms with Crippen LogP contribution in [0.25, 0.3) is 0 Å². The predicted octanol–water partition coefficient (Wildman–Crippen LogP) is -0.599. The van der Waals surface area contributed by atoms with Crippen LogP contribution in [-0.2, 0) is 33.1 Å². The Balaban J connectivity index is 4.55. The van der Waals surface area contributed by atoms with Gasteiger partial charge in [-0.1, -0.05) is 6.92 Å². The first kappa shape index (κ1) is 24.7. The number of hydrogen-bond acceptors (Lipinski definition) is 10. The largest absolute Gasteiger partial charge is 0.790 e. The van der Waals surface area contributed by atoms with Gasteiger partial charge in [0.2, 0.25) is 0 Å². The van der Waals surface area contributed by atoms with Crippen LogP contribution in [0.3, 0.4) is 0 Å². The monoisotopic (exact) mass is 423 g/mol. The van der Waals surface area contributed by atoms with Crippen molar-refractivity contribution in [3.05, 3.63) is 0 Å². The summed E-state index contributed by atoms with van der Waals surface area (Å²) in [6.45, 7) is 3.91. The van der Waals surface area contributed by atoms with E-state index in [0.29, 0.717) is 0 Å². The zero-order valence-electron chi connectivity index (χ0n) is 13.9. The van der Waals surface area contributed by atoms with Crippen LogP contribution in [-0.4, -0.2) is 37.0 Å². The van der Waals surface area contributed by atoms with E-state index in [1.54, 1.807) is 0 Å². The minimum Gasteiger partial charge on any atom is -0.790 e. The quantitative estimate of drug-likeness (QED) is 0.193. The summed E-state index contributed by atoms with van der Waals surface area (Å²) in [6, 6.07) is 0. The van der Waals surface area contributed by atoms with E-state index in [1.807, 2.05) is 0 Å². The fourth-order valence-corrected chi connectivity index (χ4v) is 5.03. The van der Waals surface area contributed by atoms with Gasteiger partial charge in [-0.2, -0.15) is 8.42 Å². The van der Waals surface area contributed by atoms with Gasteiger partial charge in [-0.25, -0.2) is 0 Å². The number of esters is 1. The Morgan fingerprint density at radius 3 is 2.16 bits per heavy atom. The topological polar surface area (TPSA) is 193 Å². The standard InChI is InChI=1S/C11H24O11P2S/c1-4-9(25(18,19)20)8-11(2,3)10(12)21-6-5-7-23(13,14)22-24(15,16)17/h9H,4-8H2,1-3H3,(H,13,14)(H2,15,16,17)(H,18,19,20)/p-3. The molecule has 0 aliphatic rings. The molecule has 1 N–H and O–H groups in total. The molecule has 25 heavy (non-hydrogen) atoms. The van der Waals surface area contributed by atoms with Crippen molar-refractivity contribution in [1.82, 2.24) is 0 Å². The van der Waals surface area contributed by atoms with Crippen molar-refractivity contribution in [1.29, 1.82) is 0 Å². The van der Waals surface area contributed by atoms with Crippen LogP contribution in [0.2, 0.25) is 0 Å². The second kappa shape index (κ2) is 9.05. The third-order valence-corrected chi connectivity index (χ3v) is 7.20. The molecule has 0 heterocycles. The van der Waals surface area contributed by atoms with Crippen LogP contribution in [0.5, 0.6) is 0 Å². The van der Waals surface area contributed by atoms with Crippen molar-refractivity contribution in [2.24, 2.45) is 5.41 Å². The van der Waals surface area contributed by atoms with Gasteiger partial charge in [0, 0.05) is 6.16 Å². The zero-order valence-corrected chi connectivity index (χ0v) is 16.6. The predicted molar refractivity (Wildman–Crippen MR) is 80.8 cm³/mol. The Morgan fingerprint density at radius 1 is 1.24 bits per heavy atom. The fraction of sp³-hybridized carbons (Fsp3) is 0.909. The maximum absolute atomic E-state index is 12.0. The van der Waals surface area contributed by atoms with Crippen molar-refractivity contribution in [3.8, 4) is 0 Å². The summed E-state index contributed by atoms with van der Waals surface area (Å²) < 4.78 is 61.2. The first-order valence-corrected chi connectivity index (χ1v) is 11.9. The molecule has 0 aromatic carbocycles. The van der Waals surface area contributed by atoms with E-state index in [1.165, 1.54) is 20.8 Å². The highest BCUT2D eigenvalue weighted by molar-refractivity contribution is 7.86. The average Bonchev–Trinajstić information content (AvgIpc) is 2.36. The van der Waals surface area contributed by atoms with Gasteiger partial charge < -0.3 is 32.9 Å².